The SMILES string of the molecule is CCCCCCCCCC/C=C\CCCCCCCCCCCCCC(=O)OCC(COC1OC(C(=O)O)C(O)C(O)C1O)OC(=O)CCCCCCCCCCCCC. The zero-order chi connectivity index (χ0) is 43.9. The molecule has 60 heavy (non-hydrogen) atoms. The van der Waals surface area contributed by atoms with Crippen molar-refractivity contribution in [1.82, 2.24) is 0 Å². The van der Waals surface area contributed by atoms with Gasteiger partial charge in [-0.2, -0.15) is 0 Å². The molecule has 1 aliphatic heterocycles. The molecule has 0 aromatic rings. The predicted octanol–water partition coefficient (Wildman–Crippen LogP) is 11.2. The zero-order valence-corrected chi connectivity index (χ0v) is 38.2. The van der Waals surface area contributed by atoms with Crippen molar-refractivity contribution < 1.29 is 53.8 Å². The van der Waals surface area contributed by atoms with E-state index >= 15 is 0 Å². The van der Waals surface area contributed by atoms with Crippen LogP contribution in [-0.2, 0) is 33.3 Å². The van der Waals surface area contributed by atoms with Gasteiger partial charge in [-0.25, -0.2) is 4.79 Å². The summed E-state index contributed by atoms with van der Waals surface area (Å²) in [6.07, 6.45) is 34.2. The van der Waals surface area contributed by atoms with Gasteiger partial charge in [-0.05, 0) is 38.5 Å². The fourth-order valence-corrected chi connectivity index (χ4v) is 7.70. The number of rotatable bonds is 42. The average molecular weight is 855 g/mol. The van der Waals surface area contributed by atoms with Crippen LogP contribution in [0.5, 0.6) is 0 Å². The Morgan fingerprint density at radius 1 is 0.500 bits per heavy atom. The number of carbonyl (C=O) groups excluding carboxylic acids is 2. The highest BCUT2D eigenvalue weighted by molar-refractivity contribution is 5.73. The van der Waals surface area contributed by atoms with Gasteiger partial charge in [-0.15, -0.1) is 0 Å². The van der Waals surface area contributed by atoms with Gasteiger partial charge in [0.15, 0.2) is 18.5 Å². The lowest BCUT2D eigenvalue weighted by Gasteiger charge is -2.38. The van der Waals surface area contributed by atoms with Gasteiger partial charge >= 0.3 is 17.9 Å². The van der Waals surface area contributed by atoms with Crippen LogP contribution in [0.3, 0.4) is 0 Å². The molecular formula is C49H90O11. The summed E-state index contributed by atoms with van der Waals surface area (Å²) in [6, 6.07) is 0. The molecule has 0 aromatic carbocycles. The minimum Gasteiger partial charge on any atom is -0.479 e. The second-order valence-corrected chi connectivity index (χ2v) is 17.3. The fraction of sp³-hybridized carbons (Fsp3) is 0.898. The first kappa shape index (κ1) is 56.0. The predicted molar refractivity (Wildman–Crippen MR) is 239 cm³/mol. The van der Waals surface area contributed by atoms with Crippen molar-refractivity contribution in [2.45, 2.75) is 269 Å². The summed E-state index contributed by atoms with van der Waals surface area (Å²) in [4.78, 5) is 36.8. The number of aliphatic hydroxyl groups is 3. The lowest BCUT2D eigenvalue weighted by Crippen LogP contribution is -2.60. The number of carboxylic acids is 1. The van der Waals surface area contributed by atoms with Crippen LogP contribution in [0.25, 0.3) is 0 Å². The molecule has 1 fully saturated rings. The third-order valence-electron chi connectivity index (χ3n) is 11.6. The van der Waals surface area contributed by atoms with E-state index in [1.807, 2.05) is 0 Å². The molecule has 0 saturated carbocycles. The van der Waals surface area contributed by atoms with E-state index < -0.39 is 54.7 Å². The number of carbonyl (C=O) groups is 3. The van der Waals surface area contributed by atoms with Crippen LogP contribution < -0.4 is 0 Å². The topological polar surface area (TPSA) is 169 Å². The zero-order valence-electron chi connectivity index (χ0n) is 38.2. The van der Waals surface area contributed by atoms with Crippen molar-refractivity contribution in [2.24, 2.45) is 0 Å². The third kappa shape index (κ3) is 30.9. The molecule has 11 heteroatoms. The molecule has 0 bridgehead atoms. The minimum absolute atomic E-state index is 0.188. The summed E-state index contributed by atoms with van der Waals surface area (Å²) in [5.74, 6) is -2.43. The van der Waals surface area contributed by atoms with E-state index in [4.69, 9.17) is 18.9 Å². The molecule has 11 nitrogen and oxygen atoms in total. The molecule has 0 aromatic heterocycles. The summed E-state index contributed by atoms with van der Waals surface area (Å²) >= 11 is 0. The number of hydrogen-bond donors (Lipinski definition) is 4. The number of ether oxygens (including phenoxy) is 4. The van der Waals surface area contributed by atoms with Crippen molar-refractivity contribution in [3.05, 3.63) is 12.2 Å². The van der Waals surface area contributed by atoms with Gasteiger partial charge in [0.1, 0.15) is 24.9 Å². The minimum atomic E-state index is -1.86. The van der Waals surface area contributed by atoms with Gasteiger partial charge in [0, 0.05) is 12.8 Å². The number of aliphatic hydroxyl groups excluding tert-OH is 3. The Morgan fingerprint density at radius 3 is 1.30 bits per heavy atom. The number of unbranched alkanes of at least 4 members (excludes halogenated alkanes) is 29. The Labute approximate surface area is 365 Å². The number of hydrogen-bond acceptors (Lipinski definition) is 10. The lowest BCUT2D eigenvalue weighted by atomic mass is 9.99. The van der Waals surface area contributed by atoms with E-state index in [1.54, 1.807) is 0 Å². The van der Waals surface area contributed by atoms with Crippen LogP contribution in [0.1, 0.15) is 232 Å². The van der Waals surface area contributed by atoms with Crippen molar-refractivity contribution in [2.75, 3.05) is 13.2 Å². The first-order chi connectivity index (χ1) is 29.2. The number of aliphatic carboxylic acids is 1. The van der Waals surface area contributed by atoms with E-state index in [0.29, 0.717) is 12.8 Å². The summed E-state index contributed by atoms with van der Waals surface area (Å²) in [7, 11) is 0. The van der Waals surface area contributed by atoms with Gasteiger partial charge in [0.25, 0.3) is 0 Å². The van der Waals surface area contributed by atoms with Crippen LogP contribution >= 0.6 is 0 Å². The highest BCUT2D eigenvalue weighted by atomic mass is 16.7. The molecule has 0 aliphatic carbocycles. The van der Waals surface area contributed by atoms with Crippen LogP contribution in [0.2, 0.25) is 0 Å². The Bertz CT molecular complexity index is 1050. The second-order valence-electron chi connectivity index (χ2n) is 17.3. The van der Waals surface area contributed by atoms with E-state index in [0.717, 1.165) is 38.5 Å². The summed E-state index contributed by atoms with van der Waals surface area (Å²) in [5.41, 5.74) is 0. The monoisotopic (exact) mass is 855 g/mol. The van der Waals surface area contributed by atoms with Crippen LogP contribution in [0.4, 0.5) is 0 Å². The number of esters is 2. The molecule has 6 unspecified atom stereocenters. The number of carboxylic acid groups (broad SMARTS) is 1. The van der Waals surface area contributed by atoms with Gasteiger partial charge in [0.05, 0.1) is 6.61 Å². The van der Waals surface area contributed by atoms with E-state index in [1.165, 1.54) is 154 Å². The maximum Gasteiger partial charge on any atom is 0.335 e. The molecule has 4 N–H and O–H groups in total. The van der Waals surface area contributed by atoms with Crippen LogP contribution in [0.15, 0.2) is 12.2 Å². The first-order valence-corrected chi connectivity index (χ1v) is 24.7. The van der Waals surface area contributed by atoms with Crippen LogP contribution in [0, 0.1) is 0 Å². The lowest BCUT2D eigenvalue weighted by molar-refractivity contribution is -0.298. The maximum atomic E-state index is 12.7. The molecule has 1 heterocycles. The molecule has 0 radical (unpaired) electrons. The Balaban J connectivity index is 2.24. The second kappa shape index (κ2) is 39.8. The largest absolute Gasteiger partial charge is 0.479 e. The Kier molecular flexibility index (Phi) is 37.1. The Hall–Kier alpha value is -2.05. The van der Waals surface area contributed by atoms with Crippen LogP contribution in [-0.4, -0.2) is 88.4 Å². The van der Waals surface area contributed by atoms with E-state index in [-0.39, 0.29) is 26.1 Å². The van der Waals surface area contributed by atoms with Gasteiger partial charge < -0.3 is 39.4 Å². The van der Waals surface area contributed by atoms with Crippen molar-refractivity contribution >= 4 is 17.9 Å². The van der Waals surface area contributed by atoms with Gasteiger partial charge in [0.2, 0.25) is 0 Å². The summed E-state index contributed by atoms with van der Waals surface area (Å²) < 4.78 is 21.8. The van der Waals surface area contributed by atoms with Crippen molar-refractivity contribution in [3.8, 4) is 0 Å². The smallest absolute Gasteiger partial charge is 0.335 e. The third-order valence-corrected chi connectivity index (χ3v) is 11.6. The fourth-order valence-electron chi connectivity index (χ4n) is 7.70. The average Bonchev–Trinajstić information content (AvgIpc) is 3.23. The molecule has 6 atom stereocenters. The van der Waals surface area contributed by atoms with Crippen molar-refractivity contribution in [3.63, 3.8) is 0 Å². The normalized spacial score (nSPS) is 19.8. The molecule has 1 rings (SSSR count). The standard InChI is InChI=1S/C49H90O11/c1-3-5-7-9-11-13-15-16-17-18-19-20-21-22-23-24-25-26-28-29-31-33-35-37-42(50)57-39-41(40-58-49-46(54)44(52)45(53)47(60-49)48(55)56)59-43(51)38-36-34-32-30-27-14-12-10-8-6-4-2/h18-19,41,44-47,49,52-54H,3-17,20-40H2,1-2H3,(H,55,56)/b19-18-. The first-order valence-electron chi connectivity index (χ1n) is 24.7. The highest BCUT2D eigenvalue weighted by Gasteiger charge is 2.47. The van der Waals surface area contributed by atoms with E-state index in [9.17, 15) is 34.8 Å². The quantitative estimate of drug-likeness (QED) is 0.0262. The molecule has 1 saturated heterocycles. The maximum absolute atomic E-state index is 12.7. The molecular weight excluding hydrogens is 765 g/mol. The van der Waals surface area contributed by atoms with Gasteiger partial charge in [-0.1, -0.05) is 193 Å². The summed E-state index contributed by atoms with van der Waals surface area (Å²) in [5, 5.41) is 39.8. The van der Waals surface area contributed by atoms with Gasteiger partial charge in [-0.3, -0.25) is 9.59 Å². The Morgan fingerprint density at radius 2 is 0.883 bits per heavy atom. The molecule has 0 amide bonds. The molecule has 1 aliphatic rings. The highest BCUT2D eigenvalue weighted by Crippen LogP contribution is 2.23. The molecule has 352 valence electrons. The number of allylic oxidation sites excluding steroid dienone is 2. The van der Waals surface area contributed by atoms with Crippen molar-refractivity contribution in [1.29, 1.82) is 0 Å². The summed E-state index contributed by atoms with van der Waals surface area (Å²) in [6.45, 7) is 3.82. The molecule has 0 spiro atoms. The van der Waals surface area contributed by atoms with E-state index in [2.05, 4.69) is 26.0 Å².